The lowest BCUT2D eigenvalue weighted by molar-refractivity contribution is 0.214. The highest BCUT2D eigenvalue weighted by atomic mass is 32.2. The van der Waals surface area contributed by atoms with E-state index in [-0.39, 0.29) is 11.5 Å². The molecule has 0 spiro atoms. The van der Waals surface area contributed by atoms with E-state index in [0.717, 1.165) is 19.4 Å². The monoisotopic (exact) mass is 271 g/mol. The van der Waals surface area contributed by atoms with Gasteiger partial charge in [0.15, 0.2) is 9.84 Å². The predicted molar refractivity (Wildman–Crippen MR) is 69.8 cm³/mol. The quantitative estimate of drug-likeness (QED) is 0.779. The van der Waals surface area contributed by atoms with Crippen molar-refractivity contribution in [3.63, 3.8) is 0 Å². The maximum atomic E-state index is 11.6. The minimum absolute atomic E-state index is 0.225. The van der Waals surface area contributed by atoms with E-state index in [9.17, 15) is 13.7 Å². The Morgan fingerprint density at radius 3 is 2.67 bits per heavy atom. The molecule has 0 aromatic carbocycles. The van der Waals surface area contributed by atoms with E-state index in [1.807, 2.05) is 7.05 Å². The van der Waals surface area contributed by atoms with Crippen molar-refractivity contribution in [3.05, 3.63) is 0 Å². The number of nitrogens with zero attached hydrogens (tertiary/aromatic N) is 2. The second-order valence-corrected chi connectivity index (χ2v) is 7.69. The molecule has 0 bridgehead atoms. The molecule has 1 saturated carbocycles. The van der Waals surface area contributed by atoms with Gasteiger partial charge >= 0.3 is 0 Å². The molecule has 102 valence electrons. The van der Waals surface area contributed by atoms with E-state index >= 15 is 0 Å². The Morgan fingerprint density at radius 2 is 2.11 bits per heavy atom. The molecule has 0 amide bonds. The molecule has 6 heteroatoms. The van der Waals surface area contributed by atoms with E-state index in [0.29, 0.717) is 25.4 Å². The van der Waals surface area contributed by atoms with Gasteiger partial charge in [-0.1, -0.05) is 0 Å². The average molecular weight is 271 g/mol. The Morgan fingerprint density at radius 1 is 1.39 bits per heavy atom. The highest BCUT2D eigenvalue weighted by Crippen LogP contribution is 2.39. The van der Waals surface area contributed by atoms with Crippen molar-refractivity contribution in [2.45, 2.75) is 24.8 Å². The lowest BCUT2D eigenvalue weighted by Crippen LogP contribution is -2.53. The second-order valence-electron chi connectivity index (χ2n) is 5.39. The van der Waals surface area contributed by atoms with Gasteiger partial charge in [0.1, 0.15) is 5.54 Å². The van der Waals surface area contributed by atoms with Crippen molar-refractivity contribution in [1.82, 2.24) is 10.2 Å². The third-order valence-corrected chi connectivity index (χ3v) is 5.76. The zero-order chi connectivity index (χ0) is 13.2. The van der Waals surface area contributed by atoms with Crippen LogP contribution in [-0.2, 0) is 9.84 Å². The summed E-state index contributed by atoms with van der Waals surface area (Å²) in [5.74, 6) is 0.932. The lowest BCUT2D eigenvalue weighted by Gasteiger charge is -2.32. The molecule has 0 aromatic rings. The summed E-state index contributed by atoms with van der Waals surface area (Å²) < 4.78 is 23.1. The summed E-state index contributed by atoms with van der Waals surface area (Å²) >= 11 is 0. The molecular formula is C12H21N3O2S. The Kier molecular flexibility index (Phi) is 3.95. The van der Waals surface area contributed by atoms with Gasteiger partial charge in [0, 0.05) is 13.1 Å². The van der Waals surface area contributed by atoms with Gasteiger partial charge in [-0.2, -0.15) is 5.26 Å². The zero-order valence-corrected chi connectivity index (χ0v) is 11.7. The summed E-state index contributed by atoms with van der Waals surface area (Å²) in [7, 11) is -1.04. The third kappa shape index (κ3) is 3.02. The van der Waals surface area contributed by atoms with Gasteiger partial charge in [-0.15, -0.1) is 0 Å². The SMILES string of the molecule is CNC(C#N)(CN1CCCS(=O)(=O)CC1)C1CC1. The van der Waals surface area contributed by atoms with Crippen LogP contribution in [0, 0.1) is 17.2 Å². The fourth-order valence-electron chi connectivity index (χ4n) is 2.67. The Labute approximate surface area is 109 Å². The number of nitrogens with one attached hydrogen (secondary N) is 1. The molecule has 0 radical (unpaired) electrons. The standard InChI is InChI=1S/C12H21N3O2S/c1-14-12(9-13,11-3-4-11)10-15-5-2-7-18(16,17)8-6-15/h11,14H,2-8,10H2,1H3. The number of hydrogen-bond donors (Lipinski definition) is 1. The first-order valence-corrected chi connectivity index (χ1v) is 8.36. The Hall–Kier alpha value is -0.640. The van der Waals surface area contributed by atoms with Gasteiger partial charge in [0.25, 0.3) is 0 Å². The molecule has 1 atom stereocenters. The molecule has 1 aliphatic heterocycles. The van der Waals surface area contributed by atoms with Crippen molar-refractivity contribution >= 4 is 9.84 Å². The lowest BCUT2D eigenvalue weighted by atomic mass is 9.94. The number of sulfone groups is 1. The minimum Gasteiger partial charge on any atom is -0.301 e. The highest BCUT2D eigenvalue weighted by molar-refractivity contribution is 7.91. The summed E-state index contributed by atoms with van der Waals surface area (Å²) in [5, 5.41) is 12.6. The fourth-order valence-corrected chi connectivity index (χ4v) is 3.98. The van der Waals surface area contributed by atoms with Crippen molar-refractivity contribution in [2.75, 3.05) is 38.2 Å². The van der Waals surface area contributed by atoms with E-state index < -0.39 is 15.4 Å². The van der Waals surface area contributed by atoms with Crippen LogP contribution in [0.1, 0.15) is 19.3 Å². The summed E-state index contributed by atoms with van der Waals surface area (Å²) in [4.78, 5) is 2.13. The van der Waals surface area contributed by atoms with E-state index in [1.54, 1.807) is 0 Å². The van der Waals surface area contributed by atoms with Crippen LogP contribution in [0.15, 0.2) is 0 Å². The molecule has 18 heavy (non-hydrogen) atoms. The van der Waals surface area contributed by atoms with Crippen LogP contribution in [0.2, 0.25) is 0 Å². The molecule has 1 N–H and O–H groups in total. The van der Waals surface area contributed by atoms with E-state index in [4.69, 9.17) is 0 Å². The van der Waals surface area contributed by atoms with E-state index in [1.165, 1.54) is 0 Å². The van der Waals surface area contributed by atoms with E-state index in [2.05, 4.69) is 16.3 Å². The normalized spacial score (nSPS) is 28.0. The molecule has 1 heterocycles. The van der Waals surface area contributed by atoms with Gasteiger partial charge in [-0.3, -0.25) is 4.90 Å². The van der Waals surface area contributed by atoms with Gasteiger partial charge in [0.2, 0.25) is 0 Å². The summed E-state index contributed by atoms with van der Waals surface area (Å²) in [6.07, 6.45) is 2.87. The first-order chi connectivity index (χ1) is 8.51. The van der Waals surface area contributed by atoms with Crippen LogP contribution in [0.3, 0.4) is 0 Å². The largest absolute Gasteiger partial charge is 0.301 e. The van der Waals surface area contributed by atoms with Gasteiger partial charge in [0.05, 0.1) is 17.6 Å². The topological polar surface area (TPSA) is 73.2 Å². The Balaban J connectivity index is 2.02. The van der Waals surface area contributed by atoms with Crippen LogP contribution < -0.4 is 5.32 Å². The van der Waals surface area contributed by atoms with Crippen LogP contribution in [-0.4, -0.2) is 57.0 Å². The first kappa shape index (κ1) is 13.8. The van der Waals surface area contributed by atoms with Gasteiger partial charge in [-0.05, 0) is 38.8 Å². The van der Waals surface area contributed by atoms with Crippen LogP contribution in [0.5, 0.6) is 0 Å². The van der Waals surface area contributed by atoms with Crippen molar-refractivity contribution in [1.29, 1.82) is 5.26 Å². The van der Waals surface area contributed by atoms with Crippen molar-refractivity contribution in [3.8, 4) is 6.07 Å². The fraction of sp³-hybridized carbons (Fsp3) is 0.917. The van der Waals surface area contributed by atoms with Crippen LogP contribution in [0.4, 0.5) is 0 Å². The molecule has 2 fully saturated rings. The summed E-state index contributed by atoms with van der Waals surface area (Å²) in [5.41, 5.74) is -0.492. The maximum Gasteiger partial charge on any atom is 0.151 e. The molecule has 2 aliphatic rings. The zero-order valence-electron chi connectivity index (χ0n) is 10.9. The second kappa shape index (κ2) is 5.16. The smallest absolute Gasteiger partial charge is 0.151 e. The average Bonchev–Trinajstić information content (AvgIpc) is 3.16. The minimum atomic E-state index is -2.87. The van der Waals surface area contributed by atoms with Crippen molar-refractivity contribution < 1.29 is 8.42 Å². The molecular weight excluding hydrogens is 250 g/mol. The maximum absolute atomic E-state index is 11.6. The first-order valence-electron chi connectivity index (χ1n) is 6.54. The van der Waals surface area contributed by atoms with Gasteiger partial charge < -0.3 is 5.32 Å². The number of nitriles is 1. The van der Waals surface area contributed by atoms with Crippen molar-refractivity contribution in [2.24, 2.45) is 5.92 Å². The number of hydrogen-bond acceptors (Lipinski definition) is 5. The predicted octanol–water partition coefficient (Wildman–Crippen LogP) is -0.00132. The summed E-state index contributed by atoms with van der Waals surface area (Å²) in [6.45, 7) is 1.97. The third-order valence-electron chi connectivity index (χ3n) is 4.04. The molecule has 0 aromatic heterocycles. The molecule has 2 rings (SSSR count). The number of likely N-dealkylation sites (N-methyl/N-ethyl adjacent to an activating group) is 1. The molecule has 1 saturated heterocycles. The Bertz CT molecular complexity index is 439. The van der Waals surface area contributed by atoms with Crippen LogP contribution >= 0.6 is 0 Å². The molecule has 1 unspecified atom stereocenters. The molecule has 5 nitrogen and oxygen atoms in total. The summed E-state index contributed by atoms with van der Waals surface area (Å²) in [6, 6.07) is 2.41. The van der Waals surface area contributed by atoms with Crippen LogP contribution in [0.25, 0.3) is 0 Å². The highest BCUT2D eigenvalue weighted by Gasteiger charge is 2.45. The molecule has 1 aliphatic carbocycles. The van der Waals surface area contributed by atoms with Gasteiger partial charge in [-0.25, -0.2) is 8.42 Å². The number of rotatable bonds is 4.